The molecule has 0 saturated heterocycles. The molecule has 6 nitrogen and oxygen atoms in total. The molecule has 0 radical (unpaired) electrons. The van der Waals surface area contributed by atoms with Crippen LogP contribution in [0.3, 0.4) is 0 Å². The molecule has 0 atom stereocenters. The summed E-state index contributed by atoms with van der Waals surface area (Å²) in [6.07, 6.45) is 0. The second-order valence-electron chi connectivity index (χ2n) is 13.8. The average Bonchev–Trinajstić information content (AvgIpc) is 3.66. The van der Waals surface area contributed by atoms with Gasteiger partial charge in [0.1, 0.15) is 8.07 Å². The van der Waals surface area contributed by atoms with Gasteiger partial charge in [0.05, 0.1) is 16.7 Å². The van der Waals surface area contributed by atoms with Crippen LogP contribution in [0, 0.1) is 0 Å². The minimum atomic E-state index is -2.09. The van der Waals surface area contributed by atoms with Gasteiger partial charge < -0.3 is 0 Å². The van der Waals surface area contributed by atoms with Crippen LogP contribution in [0.4, 0.5) is 0 Å². The maximum Gasteiger partial charge on any atom is 0.238 e. The Morgan fingerprint density at radius 1 is 0.442 bits per heavy atom. The summed E-state index contributed by atoms with van der Waals surface area (Å²) in [5.41, 5.74) is 9.38. The van der Waals surface area contributed by atoms with Gasteiger partial charge in [-0.2, -0.15) is 9.97 Å². The maximum absolute atomic E-state index is 5.43. The van der Waals surface area contributed by atoms with Gasteiger partial charge in [-0.3, -0.25) is 4.57 Å². The van der Waals surface area contributed by atoms with E-state index in [0.29, 0.717) is 17.6 Å². The standard InChI is InChI=1S/C45H32N6Si/c1-52(2)38-25-15-13-23-34(38)39-40(29-16-6-3-7-17-29)46-43(48-44(39)52)32-26-27-37-35(28-32)33-22-12-14-24-36(33)51(37)45-49-41(30-18-8-4-9-19-30)47-42(50-45)31-20-10-5-11-21-31/h3-28H,1-2H3. The van der Waals surface area contributed by atoms with E-state index in [9.17, 15) is 0 Å². The lowest BCUT2D eigenvalue weighted by molar-refractivity contribution is 0.953. The Labute approximate surface area is 302 Å². The van der Waals surface area contributed by atoms with E-state index in [1.165, 1.54) is 21.6 Å². The molecule has 0 saturated carbocycles. The molecule has 1 aliphatic heterocycles. The highest BCUT2D eigenvalue weighted by Gasteiger charge is 2.41. The van der Waals surface area contributed by atoms with E-state index in [1.807, 2.05) is 60.7 Å². The van der Waals surface area contributed by atoms with Gasteiger partial charge in [-0.1, -0.05) is 147 Å². The van der Waals surface area contributed by atoms with Gasteiger partial charge in [0, 0.05) is 43.9 Å². The zero-order chi connectivity index (χ0) is 34.8. The predicted octanol–water partition coefficient (Wildman–Crippen LogP) is 9.23. The van der Waals surface area contributed by atoms with Gasteiger partial charge in [0.2, 0.25) is 5.95 Å². The predicted molar refractivity (Wildman–Crippen MR) is 214 cm³/mol. The second-order valence-corrected chi connectivity index (χ2v) is 18.0. The van der Waals surface area contributed by atoms with E-state index >= 15 is 0 Å². The summed E-state index contributed by atoms with van der Waals surface area (Å²) in [7, 11) is -2.09. The van der Waals surface area contributed by atoms with Crippen LogP contribution in [0.15, 0.2) is 158 Å². The van der Waals surface area contributed by atoms with Crippen molar-refractivity contribution in [2.24, 2.45) is 0 Å². The highest BCUT2D eigenvalue weighted by Crippen LogP contribution is 2.38. The average molecular weight is 685 g/mol. The first-order valence-electron chi connectivity index (χ1n) is 17.5. The van der Waals surface area contributed by atoms with E-state index in [0.717, 1.165) is 55.6 Å². The van der Waals surface area contributed by atoms with Crippen molar-refractivity contribution in [2.45, 2.75) is 13.1 Å². The Kier molecular flexibility index (Phi) is 6.84. The van der Waals surface area contributed by atoms with Crippen LogP contribution in [-0.4, -0.2) is 37.6 Å². The Hall–Kier alpha value is -6.57. The summed E-state index contributed by atoms with van der Waals surface area (Å²) >= 11 is 0. The Morgan fingerprint density at radius 2 is 1.00 bits per heavy atom. The molecular formula is C45H32N6Si. The maximum atomic E-state index is 5.43. The van der Waals surface area contributed by atoms with Crippen LogP contribution >= 0.6 is 0 Å². The summed E-state index contributed by atoms with van der Waals surface area (Å²) in [5.74, 6) is 2.56. The molecule has 3 aromatic heterocycles. The fraction of sp³-hybridized carbons (Fsp3) is 0.0444. The molecule has 0 aliphatic carbocycles. The summed E-state index contributed by atoms with van der Waals surface area (Å²) in [5, 5.41) is 4.79. The molecule has 6 aromatic carbocycles. The van der Waals surface area contributed by atoms with E-state index in [1.54, 1.807) is 0 Å². The molecule has 0 unspecified atom stereocenters. The highest BCUT2D eigenvalue weighted by molar-refractivity contribution is 7.03. The molecule has 10 rings (SSSR count). The molecule has 246 valence electrons. The molecule has 1 aliphatic rings. The van der Waals surface area contributed by atoms with Gasteiger partial charge in [0.15, 0.2) is 17.5 Å². The van der Waals surface area contributed by atoms with Crippen LogP contribution in [0.25, 0.3) is 84.3 Å². The van der Waals surface area contributed by atoms with Crippen molar-refractivity contribution in [1.82, 2.24) is 29.5 Å². The van der Waals surface area contributed by atoms with Crippen LogP contribution in [-0.2, 0) is 0 Å². The van der Waals surface area contributed by atoms with Gasteiger partial charge in [0.25, 0.3) is 0 Å². The fourth-order valence-corrected chi connectivity index (χ4v) is 10.6. The lowest BCUT2D eigenvalue weighted by Gasteiger charge is -2.19. The Bertz CT molecular complexity index is 2760. The van der Waals surface area contributed by atoms with E-state index in [2.05, 4.69) is 115 Å². The number of fused-ring (bicyclic) bond motifs is 6. The quantitative estimate of drug-likeness (QED) is 0.169. The third kappa shape index (κ3) is 4.74. The number of hydrogen-bond donors (Lipinski definition) is 0. The molecule has 0 spiro atoms. The van der Waals surface area contributed by atoms with E-state index in [-0.39, 0.29) is 0 Å². The monoisotopic (exact) mass is 684 g/mol. The largest absolute Gasteiger partial charge is 0.278 e. The fourth-order valence-electron chi connectivity index (χ4n) is 7.70. The zero-order valence-electron chi connectivity index (χ0n) is 28.7. The molecule has 4 heterocycles. The summed E-state index contributed by atoms with van der Waals surface area (Å²) in [6.45, 7) is 4.81. The number of rotatable bonds is 5. The number of aromatic nitrogens is 6. The van der Waals surface area contributed by atoms with Gasteiger partial charge in [-0.05, 0) is 35.0 Å². The lowest BCUT2D eigenvalue weighted by Crippen LogP contribution is -2.50. The summed E-state index contributed by atoms with van der Waals surface area (Å²) in [6, 6.07) is 54.5. The number of nitrogens with zero attached hydrogens (tertiary/aromatic N) is 6. The SMILES string of the molecule is C[Si]1(C)c2ccccc2-c2c(-c3ccccc3)nc(-c3ccc4c(c3)c3ccccc3n4-c3nc(-c4ccccc4)nc(-c4ccccc4)n3)nc21. The minimum Gasteiger partial charge on any atom is -0.278 e. The van der Waals surface area contributed by atoms with E-state index in [4.69, 9.17) is 24.9 Å². The first-order chi connectivity index (χ1) is 25.5. The Balaban J connectivity index is 1.20. The minimum absolute atomic E-state index is 0.567. The number of hydrogen-bond acceptors (Lipinski definition) is 5. The van der Waals surface area contributed by atoms with E-state index < -0.39 is 8.07 Å². The molecule has 52 heavy (non-hydrogen) atoms. The third-order valence-electron chi connectivity index (χ3n) is 10.2. The van der Waals surface area contributed by atoms with Crippen LogP contribution in [0.1, 0.15) is 0 Å². The lowest BCUT2D eigenvalue weighted by atomic mass is 10.0. The normalized spacial score (nSPS) is 13.0. The van der Waals surface area contributed by atoms with Crippen molar-refractivity contribution < 1.29 is 0 Å². The molecule has 7 heteroatoms. The van der Waals surface area contributed by atoms with Crippen LogP contribution < -0.4 is 10.5 Å². The summed E-state index contributed by atoms with van der Waals surface area (Å²) < 4.78 is 2.15. The van der Waals surface area contributed by atoms with Gasteiger partial charge in [-0.25, -0.2) is 15.0 Å². The van der Waals surface area contributed by atoms with Gasteiger partial charge >= 0.3 is 0 Å². The molecular weight excluding hydrogens is 653 g/mol. The van der Waals surface area contributed by atoms with Crippen molar-refractivity contribution >= 4 is 40.4 Å². The Morgan fingerprint density at radius 3 is 1.69 bits per heavy atom. The first-order valence-corrected chi connectivity index (χ1v) is 20.5. The van der Waals surface area contributed by atoms with Crippen LogP contribution in [0.2, 0.25) is 13.1 Å². The topological polar surface area (TPSA) is 69.4 Å². The number of para-hydroxylation sites is 1. The molecule has 0 fully saturated rings. The van der Waals surface area contributed by atoms with Crippen LogP contribution in [0.5, 0.6) is 0 Å². The van der Waals surface area contributed by atoms with Crippen molar-refractivity contribution in [2.75, 3.05) is 0 Å². The van der Waals surface area contributed by atoms with Gasteiger partial charge in [-0.15, -0.1) is 0 Å². The zero-order valence-corrected chi connectivity index (χ0v) is 29.7. The van der Waals surface area contributed by atoms with Crippen molar-refractivity contribution in [1.29, 1.82) is 0 Å². The van der Waals surface area contributed by atoms with Crippen molar-refractivity contribution in [3.05, 3.63) is 158 Å². The second kappa shape index (κ2) is 11.8. The molecule has 0 amide bonds. The van der Waals surface area contributed by atoms with Crippen molar-refractivity contribution in [3.63, 3.8) is 0 Å². The summed E-state index contributed by atoms with van der Waals surface area (Å²) in [4.78, 5) is 25.9. The number of benzene rings is 6. The molecule has 0 N–H and O–H groups in total. The first kappa shape index (κ1) is 30.3. The molecule has 9 aromatic rings. The smallest absolute Gasteiger partial charge is 0.238 e. The molecule has 0 bridgehead atoms. The highest BCUT2D eigenvalue weighted by atomic mass is 28.3. The third-order valence-corrected chi connectivity index (χ3v) is 13.6. The van der Waals surface area contributed by atoms with Crippen molar-refractivity contribution in [3.8, 4) is 62.5 Å².